The Morgan fingerprint density at radius 1 is 1.38 bits per heavy atom. The van der Waals surface area contributed by atoms with Crippen molar-refractivity contribution >= 4 is 5.78 Å². The standard InChI is InChI=1S/C11H11NO/c1-9-4-6-10(7-5-9)11(13)3-2-8-12/h4-7H,2-3H2,1H3. The fourth-order valence-corrected chi connectivity index (χ4v) is 1.05. The lowest BCUT2D eigenvalue weighted by Crippen LogP contribution is -1.97. The fraction of sp³-hybridized carbons (Fsp3) is 0.273. The Morgan fingerprint density at radius 2 is 2.00 bits per heavy atom. The molecule has 13 heavy (non-hydrogen) atoms. The SMILES string of the molecule is Cc1ccc(C(=O)CCC#N)cc1. The molecule has 1 aromatic carbocycles. The minimum Gasteiger partial charge on any atom is -0.294 e. The minimum atomic E-state index is 0.0431. The maximum atomic E-state index is 11.4. The van der Waals surface area contributed by atoms with Crippen molar-refractivity contribution in [3.8, 4) is 6.07 Å². The van der Waals surface area contributed by atoms with Gasteiger partial charge in [0.25, 0.3) is 0 Å². The first-order valence-electron chi connectivity index (χ1n) is 4.21. The van der Waals surface area contributed by atoms with E-state index in [0.29, 0.717) is 18.4 Å². The summed E-state index contributed by atoms with van der Waals surface area (Å²) in [5, 5.41) is 8.30. The molecule has 0 heterocycles. The number of nitrogens with zero attached hydrogens (tertiary/aromatic N) is 1. The molecule has 0 amide bonds. The Kier molecular flexibility index (Phi) is 3.22. The van der Waals surface area contributed by atoms with Crippen LogP contribution in [0.5, 0.6) is 0 Å². The molecular formula is C11H11NO. The second kappa shape index (κ2) is 4.42. The number of carbonyl (C=O) groups is 1. The maximum absolute atomic E-state index is 11.4. The quantitative estimate of drug-likeness (QED) is 0.659. The van der Waals surface area contributed by atoms with E-state index in [1.165, 1.54) is 0 Å². The van der Waals surface area contributed by atoms with Gasteiger partial charge in [-0.3, -0.25) is 4.79 Å². The van der Waals surface area contributed by atoms with Crippen molar-refractivity contribution in [1.29, 1.82) is 5.26 Å². The number of nitriles is 1. The average Bonchev–Trinajstić information content (AvgIpc) is 2.15. The molecule has 0 aromatic heterocycles. The molecule has 66 valence electrons. The van der Waals surface area contributed by atoms with Crippen LogP contribution < -0.4 is 0 Å². The number of Topliss-reactive ketones (excluding diaryl/α,β-unsaturated/α-hetero) is 1. The number of carbonyl (C=O) groups excluding carboxylic acids is 1. The minimum absolute atomic E-state index is 0.0431. The molecule has 0 bridgehead atoms. The molecule has 1 rings (SSSR count). The van der Waals surface area contributed by atoms with E-state index < -0.39 is 0 Å². The van der Waals surface area contributed by atoms with Crippen LogP contribution >= 0.6 is 0 Å². The number of hydrogen-bond donors (Lipinski definition) is 0. The molecule has 2 heteroatoms. The van der Waals surface area contributed by atoms with E-state index >= 15 is 0 Å². The van der Waals surface area contributed by atoms with Crippen LogP contribution in [-0.4, -0.2) is 5.78 Å². The van der Waals surface area contributed by atoms with E-state index in [2.05, 4.69) is 0 Å². The van der Waals surface area contributed by atoms with Gasteiger partial charge in [0.05, 0.1) is 6.07 Å². The third-order valence-electron chi connectivity index (χ3n) is 1.84. The van der Waals surface area contributed by atoms with E-state index in [-0.39, 0.29) is 5.78 Å². The zero-order valence-electron chi connectivity index (χ0n) is 7.58. The summed E-state index contributed by atoms with van der Waals surface area (Å²) >= 11 is 0. The zero-order valence-corrected chi connectivity index (χ0v) is 7.58. The summed E-state index contributed by atoms with van der Waals surface area (Å²) in [4.78, 5) is 11.4. The Balaban J connectivity index is 2.68. The molecule has 2 nitrogen and oxygen atoms in total. The molecule has 1 aromatic rings. The summed E-state index contributed by atoms with van der Waals surface area (Å²) in [7, 11) is 0. The van der Waals surface area contributed by atoms with Crippen LogP contribution in [-0.2, 0) is 0 Å². The summed E-state index contributed by atoms with van der Waals surface area (Å²) in [6.45, 7) is 1.98. The molecule has 0 radical (unpaired) electrons. The van der Waals surface area contributed by atoms with E-state index in [1.54, 1.807) is 12.1 Å². The fourth-order valence-electron chi connectivity index (χ4n) is 1.05. The van der Waals surface area contributed by atoms with Crippen molar-refractivity contribution < 1.29 is 4.79 Å². The zero-order chi connectivity index (χ0) is 9.68. The van der Waals surface area contributed by atoms with Crippen LogP contribution in [0.3, 0.4) is 0 Å². The van der Waals surface area contributed by atoms with Gasteiger partial charge in [-0.2, -0.15) is 5.26 Å². The monoisotopic (exact) mass is 173 g/mol. The van der Waals surface area contributed by atoms with Gasteiger partial charge >= 0.3 is 0 Å². The van der Waals surface area contributed by atoms with Gasteiger partial charge in [-0.05, 0) is 6.92 Å². The summed E-state index contributed by atoms with van der Waals surface area (Å²) in [5.41, 5.74) is 1.83. The Bertz CT molecular complexity index is 332. The molecule has 0 fully saturated rings. The molecule has 0 aliphatic heterocycles. The average molecular weight is 173 g/mol. The molecule has 0 spiro atoms. The number of ketones is 1. The van der Waals surface area contributed by atoms with Gasteiger partial charge in [0.15, 0.2) is 5.78 Å². The smallest absolute Gasteiger partial charge is 0.163 e. The number of aryl methyl sites for hydroxylation is 1. The van der Waals surface area contributed by atoms with Crippen molar-refractivity contribution in [2.24, 2.45) is 0 Å². The van der Waals surface area contributed by atoms with E-state index in [4.69, 9.17) is 5.26 Å². The van der Waals surface area contributed by atoms with Gasteiger partial charge in [0.2, 0.25) is 0 Å². The highest BCUT2D eigenvalue weighted by Crippen LogP contribution is 2.06. The summed E-state index contributed by atoms with van der Waals surface area (Å²) in [6, 6.07) is 9.36. The third kappa shape index (κ3) is 2.72. The van der Waals surface area contributed by atoms with Gasteiger partial charge in [-0.25, -0.2) is 0 Å². The molecular weight excluding hydrogens is 162 g/mol. The normalized spacial score (nSPS) is 9.23. The van der Waals surface area contributed by atoms with Crippen LogP contribution in [0.1, 0.15) is 28.8 Å². The predicted molar refractivity (Wildman–Crippen MR) is 50.4 cm³/mol. The second-order valence-corrected chi connectivity index (χ2v) is 2.95. The van der Waals surface area contributed by atoms with Gasteiger partial charge in [0, 0.05) is 18.4 Å². The highest BCUT2D eigenvalue weighted by atomic mass is 16.1. The Hall–Kier alpha value is -1.62. The molecule has 0 saturated carbocycles. The van der Waals surface area contributed by atoms with Crippen molar-refractivity contribution in [3.63, 3.8) is 0 Å². The molecule has 0 aliphatic carbocycles. The Morgan fingerprint density at radius 3 is 2.54 bits per heavy atom. The van der Waals surface area contributed by atoms with Crippen molar-refractivity contribution in [1.82, 2.24) is 0 Å². The van der Waals surface area contributed by atoms with Crippen molar-refractivity contribution in [2.45, 2.75) is 19.8 Å². The topological polar surface area (TPSA) is 40.9 Å². The van der Waals surface area contributed by atoms with Crippen LogP contribution in [0, 0.1) is 18.3 Å². The summed E-state index contributed by atoms with van der Waals surface area (Å²) < 4.78 is 0. The summed E-state index contributed by atoms with van der Waals surface area (Å²) in [6.07, 6.45) is 0.617. The first kappa shape index (κ1) is 9.47. The summed E-state index contributed by atoms with van der Waals surface area (Å²) in [5.74, 6) is 0.0431. The van der Waals surface area contributed by atoms with E-state index in [9.17, 15) is 4.79 Å². The highest BCUT2D eigenvalue weighted by molar-refractivity contribution is 5.96. The number of rotatable bonds is 3. The highest BCUT2D eigenvalue weighted by Gasteiger charge is 2.03. The largest absolute Gasteiger partial charge is 0.294 e. The van der Waals surface area contributed by atoms with Crippen LogP contribution in [0.25, 0.3) is 0 Å². The maximum Gasteiger partial charge on any atom is 0.163 e. The first-order chi connectivity index (χ1) is 6.24. The van der Waals surface area contributed by atoms with Crippen molar-refractivity contribution in [2.75, 3.05) is 0 Å². The van der Waals surface area contributed by atoms with E-state index in [1.807, 2.05) is 25.1 Å². The number of benzene rings is 1. The molecule has 0 saturated heterocycles. The molecule has 0 unspecified atom stereocenters. The molecule has 0 aliphatic rings. The second-order valence-electron chi connectivity index (χ2n) is 2.95. The molecule has 0 N–H and O–H groups in total. The number of hydrogen-bond acceptors (Lipinski definition) is 2. The Labute approximate surface area is 77.8 Å². The van der Waals surface area contributed by atoms with Crippen LogP contribution in [0.4, 0.5) is 0 Å². The third-order valence-corrected chi connectivity index (χ3v) is 1.84. The van der Waals surface area contributed by atoms with Crippen LogP contribution in [0.15, 0.2) is 24.3 Å². The van der Waals surface area contributed by atoms with Gasteiger partial charge in [-0.1, -0.05) is 29.8 Å². The predicted octanol–water partition coefficient (Wildman–Crippen LogP) is 2.48. The van der Waals surface area contributed by atoms with Gasteiger partial charge in [-0.15, -0.1) is 0 Å². The van der Waals surface area contributed by atoms with Gasteiger partial charge in [0.1, 0.15) is 0 Å². The molecule has 0 atom stereocenters. The lowest BCUT2D eigenvalue weighted by Gasteiger charge is -1.98. The van der Waals surface area contributed by atoms with Crippen LogP contribution in [0.2, 0.25) is 0 Å². The van der Waals surface area contributed by atoms with Gasteiger partial charge < -0.3 is 0 Å². The van der Waals surface area contributed by atoms with E-state index in [0.717, 1.165) is 5.56 Å². The van der Waals surface area contributed by atoms with Crippen molar-refractivity contribution in [3.05, 3.63) is 35.4 Å². The lowest BCUT2D eigenvalue weighted by atomic mass is 10.1. The first-order valence-corrected chi connectivity index (χ1v) is 4.21. The lowest BCUT2D eigenvalue weighted by molar-refractivity contribution is 0.0984.